The Bertz CT molecular complexity index is 538. The second-order valence-electron chi connectivity index (χ2n) is 6.06. The molecule has 3 rings (SSSR count). The van der Waals surface area contributed by atoms with Gasteiger partial charge >= 0.3 is 0 Å². The summed E-state index contributed by atoms with van der Waals surface area (Å²) in [5.74, 6) is 1.69. The largest absolute Gasteiger partial charge is 0.382 e. The van der Waals surface area contributed by atoms with Gasteiger partial charge in [0.05, 0.1) is 0 Å². The molecule has 0 spiro atoms. The fourth-order valence-electron chi connectivity index (χ4n) is 3.24. The van der Waals surface area contributed by atoms with E-state index in [4.69, 9.17) is 0 Å². The molecule has 1 N–H and O–H groups in total. The summed E-state index contributed by atoms with van der Waals surface area (Å²) in [7, 11) is 1.84. The van der Waals surface area contributed by atoms with Crippen molar-refractivity contribution in [3.8, 4) is 0 Å². The second kappa shape index (κ2) is 5.31. The summed E-state index contributed by atoms with van der Waals surface area (Å²) >= 11 is 0. The van der Waals surface area contributed by atoms with Crippen molar-refractivity contribution in [2.75, 3.05) is 12.4 Å². The molecule has 3 nitrogen and oxygen atoms in total. The van der Waals surface area contributed by atoms with Gasteiger partial charge in [-0.2, -0.15) is 0 Å². The highest BCUT2D eigenvalue weighted by molar-refractivity contribution is 5.72. The molecular formula is C17H22N2O. The van der Waals surface area contributed by atoms with Crippen LogP contribution in [0.4, 0.5) is 5.69 Å². The number of hydrogen-bond acceptors (Lipinski definition) is 2. The predicted octanol–water partition coefficient (Wildman–Crippen LogP) is 3.04. The Morgan fingerprint density at radius 3 is 3.05 bits per heavy atom. The van der Waals surface area contributed by atoms with Crippen molar-refractivity contribution in [2.45, 2.75) is 32.4 Å². The lowest BCUT2D eigenvalue weighted by Crippen LogP contribution is -2.43. The van der Waals surface area contributed by atoms with Gasteiger partial charge in [-0.1, -0.05) is 24.3 Å². The topological polar surface area (TPSA) is 32.3 Å². The van der Waals surface area contributed by atoms with E-state index in [2.05, 4.69) is 41.7 Å². The molecule has 0 saturated heterocycles. The normalized spacial score (nSPS) is 26.8. The van der Waals surface area contributed by atoms with Gasteiger partial charge in [-0.3, -0.25) is 4.79 Å². The zero-order chi connectivity index (χ0) is 14.1. The molecule has 20 heavy (non-hydrogen) atoms. The number of nitrogens with one attached hydrogen (secondary N) is 1. The van der Waals surface area contributed by atoms with Crippen LogP contribution in [0.3, 0.4) is 0 Å². The first kappa shape index (κ1) is 13.2. The molecule has 1 amide bonds. The molecule has 1 saturated carbocycles. The van der Waals surface area contributed by atoms with Crippen LogP contribution in [0.1, 0.15) is 25.3 Å². The van der Waals surface area contributed by atoms with E-state index in [1.807, 2.05) is 7.05 Å². The summed E-state index contributed by atoms with van der Waals surface area (Å²) in [6.07, 6.45) is 7.20. The number of benzene rings is 1. The van der Waals surface area contributed by atoms with Crippen molar-refractivity contribution in [1.29, 1.82) is 0 Å². The number of carbonyl (C=O) groups is 1. The number of carbonyl (C=O) groups excluding carboxylic acids is 1. The van der Waals surface area contributed by atoms with Crippen molar-refractivity contribution >= 4 is 11.6 Å². The molecule has 1 aromatic rings. The quantitative estimate of drug-likeness (QED) is 0.853. The minimum Gasteiger partial charge on any atom is -0.382 e. The minimum atomic E-state index is 0.0984. The molecule has 0 aromatic heterocycles. The summed E-state index contributed by atoms with van der Waals surface area (Å²) in [6, 6.07) is 8.99. The van der Waals surface area contributed by atoms with Crippen molar-refractivity contribution < 1.29 is 4.79 Å². The average molecular weight is 270 g/mol. The molecule has 3 unspecified atom stereocenters. The minimum absolute atomic E-state index is 0.0984. The van der Waals surface area contributed by atoms with Crippen LogP contribution in [0.5, 0.6) is 0 Å². The van der Waals surface area contributed by atoms with Crippen molar-refractivity contribution in [2.24, 2.45) is 11.8 Å². The number of fused-ring (bicyclic) bond motifs is 1. The summed E-state index contributed by atoms with van der Waals surface area (Å²) in [5.41, 5.74) is 2.34. The van der Waals surface area contributed by atoms with Crippen LogP contribution in [-0.4, -0.2) is 23.9 Å². The van der Waals surface area contributed by atoms with Crippen LogP contribution >= 0.6 is 0 Å². The van der Waals surface area contributed by atoms with Gasteiger partial charge in [-0.25, -0.2) is 0 Å². The van der Waals surface area contributed by atoms with Gasteiger partial charge in [0.15, 0.2) is 0 Å². The van der Waals surface area contributed by atoms with E-state index < -0.39 is 0 Å². The molecule has 0 bridgehead atoms. The van der Waals surface area contributed by atoms with Crippen LogP contribution in [0.25, 0.3) is 0 Å². The van der Waals surface area contributed by atoms with Crippen LogP contribution < -0.4 is 5.32 Å². The monoisotopic (exact) mass is 270 g/mol. The number of anilines is 1. The maximum absolute atomic E-state index is 11.3. The molecule has 3 heteroatoms. The zero-order valence-electron chi connectivity index (χ0n) is 12.2. The number of hydrogen-bond donors (Lipinski definition) is 1. The van der Waals surface area contributed by atoms with E-state index in [-0.39, 0.29) is 5.91 Å². The van der Waals surface area contributed by atoms with Gasteiger partial charge < -0.3 is 10.2 Å². The first-order valence-electron chi connectivity index (χ1n) is 7.37. The fourth-order valence-corrected chi connectivity index (χ4v) is 3.24. The van der Waals surface area contributed by atoms with Crippen molar-refractivity contribution in [3.63, 3.8) is 0 Å². The summed E-state index contributed by atoms with van der Waals surface area (Å²) in [6.45, 7) is 2.27. The summed E-state index contributed by atoms with van der Waals surface area (Å²) in [4.78, 5) is 13.0. The van der Waals surface area contributed by atoms with Gasteiger partial charge in [0.1, 0.15) is 0 Å². The molecule has 106 valence electrons. The van der Waals surface area contributed by atoms with Gasteiger partial charge in [-0.15, -0.1) is 0 Å². The highest BCUT2D eigenvalue weighted by Crippen LogP contribution is 2.44. The number of rotatable bonds is 4. The third-order valence-electron chi connectivity index (χ3n) is 4.60. The Morgan fingerprint density at radius 2 is 2.30 bits per heavy atom. The van der Waals surface area contributed by atoms with Crippen molar-refractivity contribution in [1.82, 2.24) is 4.90 Å². The zero-order valence-corrected chi connectivity index (χ0v) is 12.2. The molecule has 3 atom stereocenters. The van der Waals surface area contributed by atoms with Crippen LogP contribution in [0.2, 0.25) is 0 Å². The van der Waals surface area contributed by atoms with E-state index in [1.165, 1.54) is 24.1 Å². The number of allylic oxidation sites excluding steroid dienone is 1. The lowest BCUT2D eigenvalue weighted by Gasteiger charge is -2.41. The highest BCUT2D eigenvalue weighted by Gasteiger charge is 2.40. The molecular weight excluding hydrogens is 248 g/mol. The van der Waals surface area contributed by atoms with Crippen LogP contribution in [0.15, 0.2) is 36.4 Å². The SMILES string of the molecule is CC(=O)N(C)Cc1cccc(NC2CC3CC=CC32)c1. The highest BCUT2D eigenvalue weighted by atomic mass is 16.2. The molecule has 0 heterocycles. The lowest BCUT2D eigenvalue weighted by atomic mass is 9.71. The Hall–Kier alpha value is -1.77. The third-order valence-corrected chi connectivity index (χ3v) is 4.60. The number of nitrogens with zero attached hydrogens (tertiary/aromatic N) is 1. The maximum atomic E-state index is 11.3. The Morgan fingerprint density at radius 1 is 1.45 bits per heavy atom. The second-order valence-corrected chi connectivity index (χ2v) is 6.06. The van der Waals surface area contributed by atoms with Gasteiger partial charge in [0.2, 0.25) is 5.91 Å². The lowest BCUT2D eigenvalue weighted by molar-refractivity contribution is -0.128. The molecule has 1 aromatic carbocycles. The Labute approximate surface area is 120 Å². The smallest absolute Gasteiger partial charge is 0.219 e. The average Bonchev–Trinajstić information content (AvgIpc) is 2.78. The maximum Gasteiger partial charge on any atom is 0.219 e. The van der Waals surface area contributed by atoms with Gasteiger partial charge in [-0.05, 0) is 36.5 Å². The van der Waals surface area contributed by atoms with E-state index in [1.54, 1.807) is 11.8 Å². The first-order valence-corrected chi connectivity index (χ1v) is 7.37. The van der Waals surface area contributed by atoms with Crippen LogP contribution in [0, 0.1) is 11.8 Å². The molecule has 0 aliphatic heterocycles. The summed E-state index contributed by atoms with van der Waals surface area (Å²) < 4.78 is 0. The van der Waals surface area contributed by atoms with Crippen LogP contribution in [-0.2, 0) is 11.3 Å². The predicted molar refractivity (Wildman–Crippen MR) is 81.4 cm³/mol. The molecule has 0 radical (unpaired) electrons. The first-order chi connectivity index (χ1) is 9.63. The van der Waals surface area contributed by atoms with E-state index >= 15 is 0 Å². The molecule has 2 aliphatic carbocycles. The molecule has 2 aliphatic rings. The molecule has 1 fully saturated rings. The van der Waals surface area contributed by atoms with Crippen molar-refractivity contribution in [3.05, 3.63) is 42.0 Å². The number of amides is 1. The Kier molecular flexibility index (Phi) is 3.51. The summed E-state index contributed by atoms with van der Waals surface area (Å²) in [5, 5.41) is 3.64. The van der Waals surface area contributed by atoms with E-state index in [0.29, 0.717) is 12.6 Å². The van der Waals surface area contributed by atoms with Gasteiger partial charge in [0.25, 0.3) is 0 Å². The Balaban J connectivity index is 1.62. The third kappa shape index (κ3) is 2.58. The van der Waals surface area contributed by atoms with E-state index in [0.717, 1.165) is 11.8 Å². The standard InChI is InChI=1S/C17H22N2O/c1-12(20)19(2)11-13-5-3-7-15(9-13)18-17-10-14-6-4-8-16(14)17/h3-5,7-9,14,16-18H,6,10-11H2,1-2H3. The fraction of sp³-hybridized carbons (Fsp3) is 0.471. The van der Waals surface area contributed by atoms with E-state index in [9.17, 15) is 4.79 Å². The van der Waals surface area contributed by atoms with Gasteiger partial charge in [0, 0.05) is 38.2 Å².